The summed E-state index contributed by atoms with van der Waals surface area (Å²) in [5, 5.41) is 17.5. The maximum absolute atomic E-state index is 11.6. The second-order valence-corrected chi connectivity index (χ2v) is 3.82. The van der Waals surface area contributed by atoms with Crippen LogP contribution in [0.25, 0.3) is 0 Å². The number of carbonyl (C=O) groups excluding carboxylic acids is 2. The highest BCUT2D eigenvalue weighted by molar-refractivity contribution is 6.00. The van der Waals surface area contributed by atoms with E-state index in [1.54, 1.807) is 0 Å². The largest absolute Gasteiger partial charge is 0.481 e. The average Bonchev–Trinajstić information content (AvgIpc) is 2.37. The molecule has 1 aliphatic rings. The monoisotopic (exact) mass is 243 g/mol. The average molecular weight is 243 g/mol. The highest BCUT2D eigenvalue weighted by Crippen LogP contribution is 2.17. The quantitative estimate of drug-likeness (QED) is 0.663. The molecule has 1 unspecified atom stereocenters. The van der Waals surface area contributed by atoms with E-state index in [-0.39, 0.29) is 12.8 Å². The zero-order chi connectivity index (χ0) is 13.0. The lowest BCUT2D eigenvalue weighted by Gasteiger charge is -2.24. The standard InChI is InChI=1S/C10H13NO6/c12-7-3-1-2-4-8(13)11(7)6(10(16)17)5-9(14)15/h6H,1-5H2,(H,14,15)(H,16,17). The van der Waals surface area contributed by atoms with Crippen LogP contribution in [0.5, 0.6) is 0 Å². The topological polar surface area (TPSA) is 112 Å². The van der Waals surface area contributed by atoms with Crippen molar-refractivity contribution in [2.24, 2.45) is 0 Å². The summed E-state index contributed by atoms with van der Waals surface area (Å²) in [4.78, 5) is 45.3. The van der Waals surface area contributed by atoms with Crippen LogP contribution in [0.15, 0.2) is 0 Å². The molecule has 0 bridgehead atoms. The van der Waals surface area contributed by atoms with Gasteiger partial charge in [-0.2, -0.15) is 0 Å². The highest BCUT2D eigenvalue weighted by atomic mass is 16.4. The molecule has 1 rings (SSSR count). The van der Waals surface area contributed by atoms with E-state index in [1.165, 1.54) is 0 Å². The van der Waals surface area contributed by atoms with Crippen LogP contribution in [0.3, 0.4) is 0 Å². The summed E-state index contributed by atoms with van der Waals surface area (Å²) in [5.41, 5.74) is 0. The van der Waals surface area contributed by atoms with Gasteiger partial charge in [0.2, 0.25) is 11.8 Å². The van der Waals surface area contributed by atoms with E-state index in [4.69, 9.17) is 10.2 Å². The summed E-state index contributed by atoms with van der Waals surface area (Å²) in [6, 6.07) is -1.61. The second kappa shape index (κ2) is 5.42. The van der Waals surface area contributed by atoms with E-state index in [2.05, 4.69) is 0 Å². The third-order valence-corrected chi connectivity index (χ3v) is 2.53. The zero-order valence-electron chi connectivity index (χ0n) is 9.09. The summed E-state index contributed by atoms with van der Waals surface area (Å²) < 4.78 is 0. The van der Waals surface area contributed by atoms with Crippen LogP contribution in [0.2, 0.25) is 0 Å². The molecule has 2 amide bonds. The van der Waals surface area contributed by atoms with Gasteiger partial charge in [0, 0.05) is 12.8 Å². The van der Waals surface area contributed by atoms with Crippen LogP contribution in [0.4, 0.5) is 0 Å². The van der Waals surface area contributed by atoms with Crippen molar-refractivity contribution in [2.45, 2.75) is 38.1 Å². The second-order valence-electron chi connectivity index (χ2n) is 3.82. The summed E-state index contributed by atoms with van der Waals surface area (Å²) >= 11 is 0. The van der Waals surface area contributed by atoms with E-state index >= 15 is 0 Å². The normalized spacial score (nSPS) is 18.7. The Kier molecular flexibility index (Phi) is 4.19. The van der Waals surface area contributed by atoms with Gasteiger partial charge < -0.3 is 10.2 Å². The lowest BCUT2D eigenvalue weighted by molar-refractivity contribution is -0.160. The van der Waals surface area contributed by atoms with Crippen LogP contribution in [-0.2, 0) is 19.2 Å². The lowest BCUT2D eigenvalue weighted by atomic mass is 10.1. The van der Waals surface area contributed by atoms with Crippen molar-refractivity contribution in [2.75, 3.05) is 0 Å². The van der Waals surface area contributed by atoms with Crippen molar-refractivity contribution >= 4 is 23.8 Å². The van der Waals surface area contributed by atoms with Crippen molar-refractivity contribution in [3.05, 3.63) is 0 Å². The molecule has 1 saturated heterocycles. The first-order valence-electron chi connectivity index (χ1n) is 5.23. The number of carbonyl (C=O) groups is 4. The van der Waals surface area contributed by atoms with Gasteiger partial charge in [-0.3, -0.25) is 19.3 Å². The Hall–Kier alpha value is -1.92. The summed E-state index contributed by atoms with van der Waals surface area (Å²) in [5.74, 6) is -4.06. The van der Waals surface area contributed by atoms with Crippen LogP contribution < -0.4 is 0 Å². The molecule has 7 heteroatoms. The molecule has 0 aromatic rings. The molecular weight excluding hydrogens is 230 g/mol. The van der Waals surface area contributed by atoms with E-state index in [0.717, 1.165) is 0 Å². The molecule has 0 saturated carbocycles. The SMILES string of the molecule is O=C(O)CC(C(=O)O)N1C(=O)CCCCC1=O. The Bertz CT molecular complexity index is 346. The van der Waals surface area contributed by atoms with E-state index in [1.807, 2.05) is 0 Å². The van der Waals surface area contributed by atoms with Crippen LogP contribution in [-0.4, -0.2) is 44.9 Å². The van der Waals surface area contributed by atoms with Crippen LogP contribution >= 0.6 is 0 Å². The number of aliphatic carboxylic acids is 2. The Morgan fingerprint density at radius 3 is 1.94 bits per heavy atom. The minimum atomic E-state index is -1.61. The summed E-state index contributed by atoms with van der Waals surface area (Å²) in [6.45, 7) is 0. The number of amides is 2. The number of rotatable bonds is 4. The summed E-state index contributed by atoms with van der Waals surface area (Å²) in [7, 11) is 0. The predicted molar refractivity (Wildman–Crippen MR) is 54.0 cm³/mol. The van der Waals surface area contributed by atoms with Crippen molar-refractivity contribution in [3.8, 4) is 0 Å². The van der Waals surface area contributed by atoms with Gasteiger partial charge in [-0.25, -0.2) is 4.79 Å². The smallest absolute Gasteiger partial charge is 0.327 e. The number of nitrogens with zero attached hydrogens (tertiary/aromatic N) is 1. The van der Waals surface area contributed by atoms with Gasteiger partial charge in [0.1, 0.15) is 6.04 Å². The van der Waals surface area contributed by atoms with Gasteiger partial charge in [-0.05, 0) is 12.8 Å². The molecule has 2 N–H and O–H groups in total. The highest BCUT2D eigenvalue weighted by Gasteiger charge is 2.36. The molecule has 1 aliphatic heterocycles. The first kappa shape index (κ1) is 13.1. The van der Waals surface area contributed by atoms with Gasteiger partial charge in [0.25, 0.3) is 0 Å². The molecule has 0 spiro atoms. The van der Waals surface area contributed by atoms with E-state index in [9.17, 15) is 19.2 Å². The van der Waals surface area contributed by atoms with Gasteiger partial charge in [0.15, 0.2) is 0 Å². The van der Waals surface area contributed by atoms with Gasteiger partial charge in [-0.15, -0.1) is 0 Å². The minimum Gasteiger partial charge on any atom is -0.481 e. The number of likely N-dealkylation sites (tertiary alicyclic amines) is 1. The van der Waals surface area contributed by atoms with Crippen molar-refractivity contribution < 1.29 is 29.4 Å². The number of carboxylic acid groups (broad SMARTS) is 2. The molecule has 94 valence electrons. The first-order chi connectivity index (χ1) is 7.93. The molecule has 0 aliphatic carbocycles. The van der Waals surface area contributed by atoms with Crippen LogP contribution in [0, 0.1) is 0 Å². The third-order valence-electron chi connectivity index (χ3n) is 2.53. The lowest BCUT2D eigenvalue weighted by Crippen LogP contribution is -2.48. The minimum absolute atomic E-state index is 0.0785. The van der Waals surface area contributed by atoms with Crippen molar-refractivity contribution in [1.29, 1.82) is 0 Å². The van der Waals surface area contributed by atoms with Gasteiger partial charge in [-0.1, -0.05) is 0 Å². The van der Waals surface area contributed by atoms with E-state index < -0.39 is 36.2 Å². The molecule has 17 heavy (non-hydrogen) atoms. The molecule has 1 fully saturated rings. The van der Waals surface area contributed by atoms with Gasteiger partial charge in [0.05, 0.1) is 6.42 Å². The number of imide groups is 1. The molecule has 1 heterocycles. The Morgan fingerprint density at radius 2 is 1.59 bits per heavy atom. The fourth-order valence-electron chi connectivity index (χ4n) is 1.73. The molecule has 0 radical (unpaired) electrons. The predicted octanol–water partition coefficient (Wildman–Crippen LogP) is -0.157. The van der Waals surface area contributed by atoms with Crippen molar-refractivity contribution in [3.63, 3.8) is 0 Å². The van der Waals surface area contributed by atoms with Crippen molar-refractivity contribution in [1.82, 2.24) is 4.90 Å². The first-order valence-corrected chi connectivity index (χ1v) is 5.23. The molecule has 0 aromatic carbocycles. The molecule has 0 aromatic heterocycles. The molecular formula is C10H13NO6. The fraction of sp³-hybridized carbons (Fsp3) is 0.600. The van der Waals surface area contributed by atoms with E-state index in [0.29, 0.717) is 17.7 Å². The number of hydrogen-bond acceptors (Lipinski definition) is 4. The zero-order valence-corrected chi connectivity index (χ0v) is 9.09. The fourth-order valence-corrected chi connectivity index (χ4v) is 1.73. The molecule has 7 nitrogen and oxygen atoms in total. The number of carboxylic acids is 2. The van der Waals surface area contributed by atoms with Crippen LogP contribution in [0.1, 0.15) is 32.1 Å². The Morgan fingerprint density at radius 1 is 1.12 bits per heavy atom. The molecule has 1 atom stereocenters. The number of hydrogen-bond donors (Lipinski definition) is 2. The Labute approximate surface area is 97.0 Å². The summed E-state index contributed by atoms with van der Waals surface area (Å²) in [6.07, 6.45) is 0.415. The maximum atomic E-state index is 11.6. The van der Waals surface area contributed by atoms with Gasteiger partial charge >= 0.3 is 11.9 Å². The third kappa shape index (κ3) is 3.27. The maximum Gasteiger partial charge on any atom is 0.327 e. The Balaban J connectivity index is 2.96.